The second-order valence-electron chi connectivity index (χ2n) is 6.15. The first-order chi connectivity index (χ1) is 14.1. The Kier molecular flexibility index (Phi) is 6.91. The van der Waals surface area contributed by atoms with Gasteiger partial charge in [0.15, 0.2) is 0 Å². The van der Waals surface area contributed by atoms with Crippen LogP contribution < -0.4 is 10.6 Å². The Balaban J connectivity index is 1.84. The molecule has 0 fully saturated rings. The predicted octanol–water partition coefficient (Wildman–Crippen LogP) is 5.72. The fourth-order valence-corrected chi connectivity index (χ4v) is 3.13. The number of hydrogen-bond acceptors (Lipinski definition) is 3. The van der Waals surface area contributed by atoms with Gasteiger partial charge in [-0.05, 0) is 23.3 Å². The number of nitrogens with zero attached hydrogens (tertiary/aromatic N) is 1. The number of carbonyl (C=O) groups excluding carboxylic acids is 1. The van der Waals surface area contributed by atoms with E-state index < -0.39 is 5.91 Å². The molecule has 2 N–H and O–H groups in total. The summed E-state index contributed by atoms with van der Waals surface area (Å²) in [7, 11) is 0. The van der Waals surface area contributed by atoms with Crippen LogP contribution in [-0.4, -0.2) is 5.91 Å². The van der Waals surface area contributed by atoms with Gasteiger partial charge < -0.3 is 10.6 Å². The minimum atomic E-state index is -0.580. The molecule has 3 rings (SSSR count). The highest BCUT2D eigenvalue weighted by molar-refractivity contribution is 6.44. The van der Waals surface area contributed by atoms with Crippen molar-refractivity contribution in [2.75, 3.05) is 5.32 Å². The van der Waals surface area contributed by atoms with Crippen molar-refractivity contribution in [2.45, 2.75) is 6.04 Å². The lowest BCUT2D eigenvalue weighted by atomic mass is 9.99. The number of rotatable bonds is 6. The van der Waals surface area contributed by atoms with Crippen LogP contribution in [0, 0.1) is 11.3 Å². The molecule has 4 nitrogen and oxygen atoms in total. The highest BCUT2D eigenvalue weighted by Crippen LogP contribution is 2.29. The van der Waals surface area contributed by atoms with E-state index in [4.69, 9.17) is 23.2 Å². The summed E-state index contributed by atoms with van der Waals surface area (Å²) in [5.74, 6) is -0.580. The molecule has 0 bridgehead atoms. The van der Waals surface area contributed by atoms with Crippen LogP contribution in [0.4, 0.5) is 5.69 Å². The summed E-state index contributed by atoms with van der Waals surface area (Å²) in [6, 6.07) is 26.2. The highest BCUT2D eigenvalue weighted by Gasteiger charge is 2.16. The van der Waals surface area contributed by atoms with Gasteiger partial charge in [-0.25, -0.2) is 0 Å². The third-order valence-electron chi connectivity index (χ3n) is 4.23. The number of anilines is 1. The molecule has 0 heterocycles. The maximum Gasteiger partial charge on any atom is 0.267 e. The number of hydrogen-bond donors (Lipinski definition) is 2. The normalized spacial score (nSPS) is 11.0. The standard InChI is InChI=1S/C23H17Cl2N3O/c24-19-12-7-13-20(21(19)25)28-23(29)18(14-26)15-27-22(16-8-3-1-4-9-16)17-10-5-2-6-11-17/h1-13,15,22,27H,(H,28,29)/b18-15-. The average Bonchev–Trinajstić information content (AvgIpc) is 2.76. The van der Waals surface area contributed by atoms with E-state index in [0.29, 0.717) is 10.7 Å². The number of halogens is 2. The molecule has 144 valence electrons. The molecular formula is C23H17Cl2N3O. The molecule has 0 spiro atoms. The van der Waals surface area contributed by atoms with Crippen molar-refractivity contribution < 1.29 is 4.79 Å². The highest BCUT2D eigenvalue weighted by atomic mass is 35.5. The first-order valence-electron chi connectivity index (χ1n) is 8.81. The van der Waals surface area contributed by atoms with Crippen LogP contribution in [-0.2, 0) is 4.79 Å². The van der Waals surface area contributed by atoms with Crippen molar-refractivity contribution >= 4 is 34.8 Å². The predicted molar refractivity (Wildman–Crippen MR) is 117 cm³/mol. The van der Waals surface area contributed by atoms with Crippen molar-refractivity contribution in [3.63, 3.8) is 0 Å². The molecule has 0 saturated carbocycles. The first-order valence-corrected chi connectivity index (χ1v) is 9.57. The van der Waals surface area contributed by atoms with E-state index in [9.17, 15) is 10.1 Å². The Morgan fingerprint density at radius 1 is 0.897 bits per heavy atom. The molecule has 0 saturated heterocycles. The van der Waals surface area contributed by atoms with Gasteiger partial charge in [-0.15, -0.1) is 0 Å². The monoisotopic (exact) mass is 421 g/mol. The van der Waals surface area contributed by atoms with E-state index in [1.807, 2.05) is 66.7 Å². The number of carbonyl (C=O) groups is 1. The summed E-state index contributed by atoms with van der Waals surface area (Å²) in [6.07, 6.45) is 1.42. The minimum Gasteiger partial charge on any atom is -0.379 e. The van der Waals surface area contributed by atoms with Crippen molar-refractivity contribution in [2.24, 2.45) is 0 Å². The summed E-state index contributed by atoms with van der Waals surface area (Å²) < 4.78 is 0. The zero-order valence-electron chi connectivity index (χ0n) is 15.3. The lowest BCUT2D eigenvalue weighted by molar-refractivity contribution is -0.112. The van der Waals surface area contributed by atoms with Crippen molar-refractivity contribution in [3.8, 4) is 6.07 Å². The third-order valence-corrected chi connectivity index (χ3v) is 5.04. The lowest BCUT2D eigenvalue weighted by Gasteiger charge is -2.19. The molecule has 0 aliphatic heterocycles. The fourth-order valence-electron chi connectivity index (χ4n) is 2.78. The van der Waals surface area contributed by atoms with Gasteiger partial charge in [0.2, 0.25) is 0 Å². The summed E-state index contributed by atoms with van der Waals surface area (Å²) in [5.41, 5.74) is 2.27. The molecule has 0 radical (unpaired) electrons. The molecule has 0 aromatic heterocycles. The lowest BCUT2D eigenvalue weighted by Crippen LogP contribution is -2.21. The van der Waals surface area contributed by atoms with Crippen molar-refractivity contribution in [1.29, 1.82) is 5.26 Å². The summed E-state index contributed by atoms with van der Waals surface area (Å²) in [6.45, 7) is 0. The van der Waals surface area contributed by atoms with Crippen LogP contribution >= 0.6 is 23.2 Å². The SMILES string of the molecule is N#C/C(=C/NC(c1ccccc1)c1ccccc1)C(=O)Nc1cccc(Cl)c1Cl. The maximum atomic E-state index is 12.5. The van der Waals surface area contributed by atoms with Crippen LogP contribution in [0.2, 0.25) is 10.0 Å². The van der Waals surface area contributed by atoms with Crippen molar-refractivity contribution in [3.05, 3.63) is 112 Å². The summed E-state index contributed by atoms with van der Waals surface area (Å²) >= 11 is 12.1. The summed E-state index contributed by atoms with van der Waals surface area (Å²) in [5, 5.41) is 15.8. The largest absolute Gasteiger partial charge is 0.379 e. The zero-order valence-corrected chi connectivity index (χ0v) is 16.8. The molecule has 0 unspecified atom stereocenters. The number of amides is 1. The van der Waals surface area contributed by atoms with E-state index in [2.05, 4.69) is 10.6 Å². The topological polar surface area (TPSA) is 64.9 Å². The van der Waals surface area contributed by atoms with Crippen LogP contribution in [0.1, 0.15) is 17.2 Å². The molecule has 6 heteroatoms. The van der Waals surface area contributed by atoms with Gasteiger partial charge in [-0.3, -0.25) is 4.79 Å². The molecule has 3 aromatic carbocycles. The Bertz CT molecular complexity index is 1020. The van der Waals surface area contributed by atoms with Gasteiger partial charge in [-0.1, -0.05) is 89.9 Å². The van der Waals surface area contributed by atoms with E-state index in [0.717, 1.165) is 11.1 Å². The second-order valence-corrected chi connectivity index (χ2v) is 6.93. The van der Waals surface area contributed by atoms with Crippen LogP contribution in [0.5, 0.6) is 0 Å². The minimum absolute atomic E-state index is 0.0853. The summed E-state index contributed by atoms with van der Waals surface area (Å²) in [4.78, 5) is 12.5. The molecule has 0 aliphatic rings. The van der Waals surface area contributed by atoms with Gasteiger partial charge in [-0.2, -0.15) is 5.26 Å². The first kappa shape index (κ1) is 20.5. The van der Waals surface area contributed by atoms with Gasteiger partial charge in [0.25, 0.3) is 5.91 Å². The van der Waals surface area contributed by atoms with Crippen molar-refractivity contribution in [1.82, 2.24) is 5.32 Å². The Labute approximate surface area is 179 Å². The number of benzene rings is 3. The quantitative estimate of drug-likeness (QED) is 0.395. The maximum absolute atomic E-state index is 12.5. The van der Waals surface area contributed by atoms with Crippen LogP contribution in [0.3, 0.4) is 0 Å². The Hall–Kier alpha value is -3.26. The Morgan fingerprint density at radius 2 is 1.48 bits per heavy atom. The molecule has 0 atom stereocenters. The zero-order chi connectivity index (χ0) is 20.6. The molecule has 3 aromatic rings. The van der Waals surface area contributed by atoms with E-state index >= 15 is 0 Å². The average molecular weight is 422 g/mol. The van der Waals surface area contributed by atoms with Gasteiger partial charge in [0, 0.05) is 6.20 Å². The van der Waals surface area contributed by atoms with Crippen LogP contribution in [0.25, 0.3) is 0 Å². The number of nitrogens with one attached hydrogen (secondary N) is 2. The van der Waals surface area contributed by atoms with Gasteiger partial charge in [0.1, 0.15) is 11.6 Å². The van der Waals surface area contributed by atoms with Gasteiger partial charge in [0.05, 0.1) is 21.8 Å². The molecule has 29 heavy (non-hydrogen) atoms. The van der Waals surface area contributed by atoms with Gasteiger partial charge >= 0.3 is 0 Å². The molecular weight excluding hydrogens is 405 g/mol. The van der Waals surface area contributed by atoms with E-state index in [1.165, 1.54) is 6.20 Å². The third kappa shape index (κ3) is 5.17. The van der Waals surface area contributed by atoms with E-state index in [1.54, 1.807) is 18.2 Å². The smallest absolute Gasteiger partial charge is 0.267 e. The fraction of sp³-hybridized carbons (Fsp3) is 0.0435. The molecule has 0 aliphatic carbocycles. The molecule has 1 amide bonds. The van der Waals surface area contributed by atoms with Crippen LogP contribution in [0.15, 0.2) is 90.6 Å². The second kappa shape index (κ2) is 9.79. The Morgan fingerprint density at radius 3 is 2.03 bits per heavy atom. The number of nitriles is 1. The van der Waals surface area contributed by atoms with E-state index in [-0.39, 0.29) is 16.6 Å².